The predicted molar refractivity (Wildman–Crippen MR) is 94.0 cm³/mol. The molecule has 0 aliphatic rings. The van der Waals surface area contributed by atoms with Crippen LogP contribution in [-0.4, -0.2) is 25.1 Å². The van der Waals surface area contributed by atoms with Gasteiger partial charge in [0.2, 0.25) is 5.82 Å². The van der Waals surface area contributed by atoms with Crippen molar-refractivity contribution in [3.63, 3.8) is 0 Å². The Kier molecular flexibility index (Phi) is 4.42. The minimum absolute atomic E-state index is 0.110. The maximum absolute atomic E-state index is 12.6. The molecule has 142 valence electrons. The highest BCUT2D eigenvalue weighted by Gasteiger charge is 2.38. The van der Waals surface area contributed by atoms with E-state index in [-0.39, 0.29) is 5.82 Å². The smallest absolute Gasteiger partial charge is 0.329 e. The number of hydrogen-bond donors (Lipinski definition) is 0. The molecule has 0 aliphatic heterocycles. The maximum atomic E-state index is 12.6. The van der Waals surface area contributed by atoms with Crippen molar-refractivity contribution >= 4 is 0 Å². The van der Waals surface area contributed by atoms with Crippen LogP contribution < -0.4 is 0 Å². The largest absolute Gasteiger partial charge is 0.471 e. The molecule has 0 saturated carbocycles. The fourth-order valence-corrected chi connectivity index (χ4v) is 2.63. The molecule has 2 aromatic heterocycles. The summed E-state index contributed by atoms with van der Waals surface area (Å²) in [4.78, 5) is 3.38. The molecule has 0 aliphatic carbocycles. The molecule has 0 fully saturated rings. The van der Waals surface area contributed by atoms with Crippen LogP contribution in [0.3, 0.4) is 0 Å². The second-order valence-corrected chi connectivity index (χ2v) is 6.29. The lowest BCUT2D eigenvalue weighted by atomic mass is 10.1. The Bertz CT molecular complexity index is 1080. The van der Waals surface area contributed by atoms with Crippen LogP contribution in [0.25, 0.3) is 22.6 Å². The highest BCUT2D eigenvalue weighted by atomic mass is 19.4. The summed E-state index contributed by atoms with van der Waals surface area (Å²) < 4.78 is 43.6. The Hall–Kier alpha value is -3.49. The summed E-state index contributed by atoms with van der Waals surface area (Å²) in [7, 11) is 0. The van der Waals surface area contributed by atoms with Gasteiger partial charge in [-0.1, -0.05) is 64.5 Å². The summed E-state index contributed by atoms with van der Waals surface area (Å²) in [5.74, 6) is -1.47. The molecule has 4 aromatic rings. The first-order valence-electron chi connectivity index (χ1n) is 8.36. The summed E-state index contributed by atoms with van der Waals surface area (Å²) in [5, 5.41) is 11.7. The SMILES string of the molecule is Cc1ccc(-c2cn(Cc3ccc(-c4noc(C(F)(F)F)n4)cc3)nn2)cc1. The zero-order valence-electron chi connectivity index (χ0n) is 14.7. The molecule has 0 amide bonds. The Morgan fingerprint density at radius 3 is 2.29 bits per heavy atom. The second-order valence-electron chi connectivity index (χ2n) is 6.29. The lowest BCUT2D eigenvalue weighted by Crippen LogP contribution is -2.04. The van der Waals surface area contributed by atoms with Crippen LogP contribution in [0.15, 0.2) is 59.3 Å². The number of aromatic nitrogens is 5. The van der Waals surface area contributed by atoms with Gasteiger partial charge in [0.15, 0.2) is 0 Å². The van der Waals surface area contributed by atoms with E-state index in [1.54, 1.807) is 28.9 Å². The summed E-state index contributed by atoms with van der Waals surface area (Å²) in [6.07, 6.45) is -2.82. The van der Waals surface area contributed by atoms with Gasteiger partial charge in [-0.2, -0.15) is 18.2 Å². The molecule has 2 heterocycles. The maximum Gasteiger partial charge on any atom is 0.471 e. The van der Waals surface area contributed by atoms with Crippen molar-refractivity contribution in [2.45, 2.75) is 19.6 Å². The van der Waals surface area contributed by atoms with E-state index < -0.39 is 12.1 Å². The first kappa shape index (κ1) is 17.9. The van der Waals surface area contributed by atoms with Gasteiger partial charge >= 0.3 is 12.1 Å². The summed E-state index contributed by atoms with van der Waals surface area (Å²) in [5.41, 5.74) is 4.25. The zero-order valence-corrected chi connectivity index (χ0v) is 14.7. The summed E-state index contributed by atoms with van der Waals surface area (Å²) in [6.45, 7) is 2.49. The van der Waals surface area contributed by atoms with Crippen LogP contribution in [0, 0.1) is 6.92 Å². The zero-order chi connectivity index (χ0) is 19.7. The number of nitrogens with zero attached hydrogens (tertiary/aromatic N) is 5. The molecular formula is C19H14F3N5O. The van der Waals surface area contributed by atoms with Gasteiger partial charge < -0.3 is 4.52 Å². The molecule has 28 heavy (non-hydrogen) atoms. The van der Waals surface area contributed by atoms with Gasteiger partial charge in [-0.05, 0) is 12.5 Å². The summed E-state index contributed by atoms with van der Waals surface area (Å²) in [6, 6.07) is 14.8. The topological polar surface area (TPSA) is 69.6 Å². The first-order chi connectivity index (χ1) is 13.4. The van der Waals surface area contributed by atoms with Gasteiger partial charge in [0.25, 0.3) is 0 Å². The van der Waals surface area contributed by atoms with E-state index in [9.17, 15) is 13.2 Å². The molecular weight excluding hydrogens is 371 g/mol. The van der Waals surface area contributed by atoms with E-state index in [0.29, 0.717) is 12.1 Å². The van der Waals surface area contributed by atoms with Crippen LogP contribution in [0.5, 0.6) is 0 Å². The molecule has 0 radical (unpaired) electrons. The van der Waals surface area contributed by atoms with Gasteiger partial charge in [0, 0.05) is 11.1 Å². The summed E-state index contributed by atoms with van der Waals surface area (Å²) >= 11 is 0. The quantitative estimate of drug-likeness (QED) is 0.522. The van der Waals surface area contributed by atoms with Crippen LogP contribution in [0.4, 0.5) is 13.2 Å². The van der Waals surface area contributed by atoms with E-state index in [2.05, 4.69) is 25.0 Å². The molecule has 4 rings (SSSR count). The molecule has 9 heteroatoms. The van der Waals surface area contributed by atoms with Gasteiger partial charge in [-0.3, -0.25) is 0 Å². The number of aryl methyl sites for hydroxylation is 1. The number of halogens is 3. The van der Waals surface area contributed by atoms with E-state index in [1.165, 1.54) is 5.56 Å². The lowest BCUT2D eigenvalue weighted by molar-refractivity contribution is -0.159. The Morgan fingerprint density at radius 1 is 0.964 bits per heavy atom. The number of hydrogen-bond acceptors (Lipinski definition) is 5. The van der Waals surface area contributed by atoms with Crippen molar-refractivity contribution in [3.05, 3.63) is 71.7 Å². The standard InChI is InChI=1S/C19H14F3N5O/c1-12-2-6-14(7-3-12)16-11-27(26-24-16)10-13-4-8-15(9-5-13)17-23-18(28-25-17)19(20,21)22/h2-9,11H,10H2,1H3. The van der Waals surface area contributed by atoms with Gasteiger partial charge in [-0.15, -0.1) is 5.10 Å². The van der Waals surface area contributed by atoms with Crippen molar-refractivity contribution in [3.8, 4) is 22.6 Å². The highest BCUT2D eigenvalue weighted by molar-refractivity contribution is 5.58. The lowest BCUT2D eigenvalue weighted by Gasteiger charge is -2.02. The third-order valence-corrected chi connectivity index (χ3v) is 4.11. The van der Waals surface area contributed by atoms with Gasteiger partial charge in [0.05, 0.1) is 12.7 Å². The molecule has 0 unspecified atom stereocenters. The van der Waals surface area contributed by atoms with Crippen molar-refractivity contribution in [1.29, 1.82) is 0 Å². The Balaban J connectivity index is 1.48. The monoisotopic (exact) mass is 385 g/mol. The molecule has 6 nitrogen and oxygen atoms in total. The van der Waals surface area contributed by atoms with E-state index >= 15 is 0 Å². The van der Waals surface area contributed by atoms with Crippen molar-refractivity contribution in [2.75, 3.05) is 0 Å². The molecule has 0 atom stereocenters. The third-order valence-electron chi connectivity index (χ3n) is 4.11. The second kappa shape index (κ2) is 6.91. The average molecular weight is 385 g/mol. The van der Waals surface area contributed by atoms with Gasteiger partial charge in [-0.25, -0.2) is 4.68 Å². The normalized spacial score (nSPS) is 11.7. The number of rotatable bonds is 4. The Labute approximate surface area is 157 Å². The highest BCUT2D eigenvalue weighted by Crippen LogP contribution is 2.29. The van der Waals surface area contributed by atoms with Crippen molar-refractivity contribution < 1.29 is 17.7 Å². The van der Waals surface area contributed by atoms with Crippen LogP contribution >= 0.6 is 0 Å². The van der Waals surface area contributed by atoms with Gasteiger partial charge in [0.1, 0.15) is 5.69 Å². The molecule has 2 aromatic carbocycles. The molecule has 0 spiro atoms. The van der Waals surface area contributed by atoms with Crippen molar-refractivity contribution in [1.82, 2.24) is 25.1 Å². The first-order valence-corrected chi connectivity index (χ1v) is 8.36. The predicted octanol–water partition coefficient (Wildman–Crippen LogP) is 4.37. The molecule has 0 saturated heterocycles. The van der Waals surface area contributed by atoms with Crippen LogP contribution in [0.1, 0.15) is 17.0 Å². The van der Waals surface area contributed by atoms with Crippen LogP contribution in [0.2, 0.25) is 0 Å². The van der Waals surface area contributed by atoms with E-state index in [0.717, 1.165) is 16.8 Å². The van der Waals surface area contributed by atoms with Crippen LogP contribution in [-0.2, 0) is 12.7 Å². The molecule has 0 N–H and O–H groups in total. The third kappa shape index (κ3) is 3.78. The fraction of sp³-hybridized carbons (Fsp3) is 0.158. The number of alkyl halides is 3. The Morgan fingerprint density at radius 2 is 1.64 bits per heavy atom. The van der Waals surface area contributed by atoms with Crippen molar-refractivity contribution in [2.24, 2.45) is 0 Å². The van der Waals surface area contributed by atoms with E-state index in [4.69, 9.17) is 0 Å². The van der Waals surface area contributed by atoms with E-state index in [1.807, 2.05) is 37.4 Å². The fourth-order valence-electron chi connectivity index (χ4n) is 2.63. The number of benzene rings is 2. The minimum atomic E-state index is -4.66. The molecule has 0 bridgehead atoms. The average Bonchev–Trinajstić information content (AvgIpc) is 3.33. The minimum Gasteiger partial charge on any atom is -0.329 e.